The summed E-state index contributed by atoms with van der Waals surface area (Å²) in [5.74, 6) is 0.681. The van der Waals surface area contributed by atoms with Crippen molar-refractivity contribution in [1.82, 2.24) is 14.4 Å². The topological polar surface area (TPSA) is 54.8 Å². The molecule has 0 aliphatic heterocycles. The van der Waals surface area contributed by atoms with Gasteiger partial charge < -0.3 is 19.1 Å². The standard InChI is InChI=1S/C31H40BrN3O3/c1-5-7-8-17-34(31(37)26-13-10-14-27(32)20-26)23-30(36)35(24(3)6-2)22-28-15-11-18-33(28)21-25-12-9-16-29(19-25)38-4/h9-16,18-20,24H,5-8,17,21-23H2,1-4H3. The second-order valence-electron chi connectivity index (χ2n) is 9.70. The van der Waals surface area contributed by atoms with Gasteiger partial charge in [-0.05, 0) is 67.8 Å². The highest BCUT2D eigenvalue weighted by molar-refractivity contribution is 9.10. The number of unbranched alkanes of at least 4 members (excludes halogenated alkanes) is 2. The molecule has 2 aromatic carbocycles. The molecule has 204 valence electrons. The maximum Gasteiger partial charge on any atom is 0.254 e. The molecule has 0 bridgehead atoms. The molecule has 0 aliphatic rings. The largest absolute Gasteiger partial charge is 0.497 e. The summed E-state index contributed by atoms with van der Waals surface area (Å²) in [5.41, 5.74) is 2.77. The van der Waals surface area contributed by atoms with Crippen molar-refractivity contribution < 1.29 is 14.3 Å². The summed E-state index contributed by atoms with van der Waals surface area (Å²) in [6, 6.07) is 19.5. The number of carbonyl (C=O) groups is 2. The van der Waals surface area contributed by atoms with Crippen molar-refractivity contribution in [1.29, 1.82) is 0 Å². The molecule has 0 N–H and O–H groups in total. The van der Waals surface area contributed by atoms with E-state index in [4.69, 9.17) is 4.74 Å². The van der Waals surface area contributed by atoms with Crippen LogP contribution in [0.2, 0.25) is 0 Å². The van der Waals surface area contributed by atoms with Gasteiger partial charge in [0.25, 0.3) is 5.91 Å². The van der Waals surface area contributed by atoms with Gasteiger partial charge in [0.05, 0.1) is 13.7 Å². The summed E-state index contributed by atoms with van der Waals surface area (Å²) < 4.78 is 8.40. The predicted octanol–water partition coefficient (Wildman–Crippen LogP) is 6.77. The number of rotatable bonds is 14. The molecule has 0 saturated carbocycles. The Balaban J connectivity index is 1.79. The van der Waals surface area contributed by atoms with Crippen LogP contribution in [-0.4, -0.2) is 52.4 Å². The SMILES string of the molecule is CCCCCN(CC(=O)N(Cc1cccn1Cc1cccc(OC)c1)C(C)CC)C(=O)c1cccc(Br)c1. The van der Waals surface area contributed by atoms with Crippen molar-refractivity contribution >= 4 is 27.7 Å². The minimum atomic E-state index is -0.110. The molecular weight excluding hydrogens is 542 g/mol. The first-order valence-corrected chi connectivity index (χ1v) is 14.3. The molecule has 0 radical (unpaired) electrons. The summed E-state index contributed by atoms with van der Waals surface area (Å²) in [7, 11) is 1.67. The molecule has 0 spiro atoms. The highest BCUT2D eigenvalue weighted by Gasteiger charge is 2.25. The second kappa shape index (κ2) is 14.8. The third-order valence-electron chi connectivity index (χ3n) is 6.90. The molecule has 1 atom stereocenters. The fraction of sp³-hybridized carbons (Fsp3) is 0.419. The summed E-state index contributed by atoms with van der Waals surface area (Å²) >= 11 is 3.46. The quantitative estimate of drug-likeness (QED) is 0.197. The Labute approximate surface area is 235 Å². The molecule has 38 heavy (non-hydrogen) atoms. The number of carbonyl (C=O) groups excluding carboxylic acids is 2. The van der Waals surface area contributed by atoms with Crippen LogP contribution < -0.4 is 4.74 Å². The second-order valence-corrected chi connectivity index (χ2v) is 10.6. The van der Waals surface area contributed by atoms with Gasteiger partial charge in [-0.15, -0.1) is 0 Å². The van der Waals surface area contributed by atoms with Crippen molar-refractivity contribution in [2.24, 2.45) is 0 Å². The van der Waals surface area contributed by atoms with Crippen molar-refractivity contribution in [3.05, 3.63) is 88.2 Å². The zero-order valence-corrected chi connectivity index (χ0v) is 24.6. The van der Waals surface area contributed by atoms with Crippen molar-refractivity contribution in [2.75, 3.05) is 20.2 Å². The molecule has 0 aliphatic carbocycles. The number of ether oxygens (including phenoxy) is 1. The highest BCUT2D eigenvalue weighted by atomic mass is 79.9. The first kappa shape index (κ1) is 29.5. The highest BCUT2D eigenvalue weighted by Crippen LogP contribution is 2.19. The minimum Gasteiger partial charge on any atom is -0.497 e. The number of amides is 2. The van der Waals surface area contributed by atoms with Crippen LogP contribution in [0.3, 0.4) is 0 Å². The van der Waals surface area contributed by atoms with Gasteiger partial charge >= 0.3 is 0 Å². The van der Waals surface area contributed by atoms with Gasteiger partial charge in [0.2, 0.25) is 5.91 Å². The fourth-order valence-corrected chi connectivity index (χ4v) is 4.86. The molecule has 2 amide bonds. The van der Waals surface area contributed by atoms with Crippen LogP contribution in [0.25, 0.3) is 0 Å². The van der Waals surface area contributed by atoms with Gasteiger partial charge in [-0.3, -0.25) is 9.59 Å². The predicted molar refractivity (Wildman–Crippen MR) is 156 cm³/mol. The van der Waals surface area contributed by atoms with Gasteiger partial charge in [-0.1, -0.05) is 60.8 Å². The average Bonchev–Trinajstić information content (AvgIpc) is 3.36. The molecule has 0 saturated heterocycles. The third-order valence-corrected chi connectivity index (χ3v) is 7.40. The molecule has 3 rings (SSSR count). The van der Waals surface area contributed by atoms with E-state index in [-0.39, 0.29) is 24.4 Å². The molecule has 6 nitrogen and oxygen atoms in total. The van der Waals surface area contributed by atoms with Crippen molar-refractivity contribution in [3.63, 3.8) is 0 Å². The van der Waals surface area contributed by atoms with Gasteiger partial charge in [-0.2, -0.15) is 0 Å². The smallest absolute Gasteiger partial charge is 0.254 e. The Bertz CT molecular complexity index is 1190. The number of hydrogen-bond donors (Lipinski definition) is 0. The van der Waals surface area contributed by atoms with Crippen molar-refractivity contribution in [3.8, 4) is 5.75 Å². The number of hydrogen-bond acceptors (Lipinski definition) is 3. The lowest BCUT2D eigenvalue weighted by Gasteiger charge is -2.32. The van der Waals surface area contributed by atoms with Crippen LogP contribution in [0.5, 0.6) is 5.75 Å². The van der Waals surface area contributed by atoms with E-state index in [1.165, 1.54) is 0 Å². The molecule has 1 heterocycles. The molecule has 1 aromatic heterocycles. The zero-order valence-electron chi connectivity index (χ0n) is 23.0. The third kappa shape index (κ3) is 8.22. The first-order valence-electron chi connectivity index (χ1n) is 13.5. The first-order chi connectivity index (χ1) is 18.4. The van der Waals surface area contributed by atoms with E-state index >= 15 is 0 Å². The van der Waals surface area contributed by atoms with E-state index < -0.39 is 0 Å². The number of nitrogens with zero attached hydrogens (tertiary/aromatic N) is 3. The van der Waals surface area contributed by atoms with Crippen LogP contribution >= 0.6 is 15.9 Å². The maximum atomic E-state index is 13.8. The van der Waals surface area contributed by atoms with E-state index in [9.17, 15) is 9.59 Å². The Morgan fingerprint density at radius 3 is 2.53 bits per heavy atom. The van der Waals surface area contributed by atoms with Crippen molar-refractivity contribution in [2.45, 2.75) is 65.6 Å². The Morgan fingerprint density at radius 2 is 1.82 bits per heavy atom. The monoisotopic (exact) mass is 581 g/mol. The van der Waals surface area contributed by atoms with E-state index in [1.807, 2.05) is 59.6 Å². The van der Waals surface area contributed by atoms with Gasteiger partial charge in [0.15, 0.2) is 0 Å². The van der Waals surface area contributed by atoms with E-state index in [0.717, 1.165) is 47.2 Å². The Morgan fingerprint density at radius 1 is 1.03 bits per heavy atom. The van der Waals surface area contributed by atoms with Gasteiger partial charge in [-0.25, -0.2) is 0 Å². The minimum absolute atomic E-state index is 0.0340. The average molecular weight is 583 g/mol. The fourth-order valence-electron chi connectivity index (χ4n) is 4.46. The van der Waals surface area contributed by atoms with Crippen LogP contribution in [0.15, 0.2) is 71.3 Å². The van der Waals surface area contributed by atoms with E-state index in [0.29, 0.717) is 25.2 Å². The molecule has 0 fully saturated rings. The number of benzene rings is 2. The molecular formula is C31H40BrN3O3. The van der Waals surface area contributed by atoms with Crippen LogP contribution in [0.4, 0.5) is 0 Å². The summed E-state index contributed by atoms with van der Waals surface area (Å²) in [6.45, 7) is 8.10. The van der Waals surface area contributed by atoms with E-state index in [1.54, 1.807) is 12.0 Å². The Hall–Kier alpha value is -3.06. The van der Waals surface area contributed by atoms with Gasteiger partial charge in [0.1, 0.15) is 12.3 Å². The van der Waals surface area contributed by atoms with Crippen LogP contribution in [0, 0.1) is 0 Å². The Kier molecular flexibility index (Phi) is 11.5. The normalized spacial score (nSPS) is 11.7. The zero-order chi connectivity index (χ0) is 27.5. The lowest BCUT2D eigenvalue weighted by atomic mass is 10.1. The van der Waals surface area contributed by atoms with E-state index in [2.05, 4.69) is 53.4 Å². The molecule has 1 unspecified atom stereocenters. The summed E-state index contributed by atoms with van der Waals surface area (Å²) in [5, 5.41) is 0. The maximum absolute atomic E-state index is 13.8. The van der Waals surface area contributed by atoms with Gasteiger partial charge in [0, 0.05) is 41.1 Å². The summed E-state index contributed by atoms with van der Waals surface area (Å²) in [6.07, 6.45) is 5.81. The summed E-state index contributed by atoms with van der Waals surface area (Å²) in [4.78, 5) is 30.8. The molecule has 7 heteroatoms. The number of halogens is 1. The van der Waals surface area contributed by atoms with Crippen LogP contribution in [0.1, 0.15) is 68.1 Å². The number of aromatic nitrogens is 1. The lowest BCUT2D eigenvalue weighted by Crippen LogP contribution is -2.46. The molecule has 3 aromatic rings. The van der Waals surface area contributed by atoms with Crippen LogP contribution in [-0.2, 0) is 17.9 Å². The number of methoxy groups -OCH3 is 1. The lowest BCUT2D eigenvalue weighted by molar-refractivity contribution is -0.134.